The molecule has 4 nitrogen and oxygen atoms in total. The molecule has 104 valence electrons. The van der Waals surface area contributed by atoms with E-state index in [1.54, 1.807) is 0 Å². The van der Waals surface area contributed by atoms with Crippen molar-refractivity contribution in [3.63, 3.8) is 0 Å². The summed E-state index contributed by atoms with van der Waals surface area (Å²) in [6, 6.07) is 8.60. The first kappa shape index (κ1) is 13.9. The Morgan fingerprint density at radius 1 is 1.47 bits per heavy atom. The van der Waals surface area contributed by atoms with Crippen molar-refractivity contribution in [2.24, 2.45) is 0 Å². The summed E-state index contributed by atoms with van der Waals surface area (Å²) in [6.45, 7) is 2.84. The molecule has 0 saturated heterocycles. The van der Waals surface area contributed by atoms with Gasteiger partial charge in [0.25, 0.3) is 0 Å². The van der Waals surface area contributed by atoms with Crippen LogP contribution < -0.4 is 11.1 Å². The number of hydrogen-bond acceptors (Lipinski definition) is 3. The standard InChI is InChI=1S/C15H23N3O/c1-11(18(2)13-7-8-13)10-17-15(19)9-12-5-3-4-6-14(12)16/h3-6,11,13H,7-10,16H2,1-2H3,(H,17,19). The predicted octanol–water partition coefficient (Wildman–Crippen LogP) is 1.41. The van der Waals surface area contributed by atoms with E-state index in [1.165, 1.54) is 12.8 Å². The van der Waals surface area contributed by atoms with E-state index in [-0.39, 0.29) is 5.91 Å². The van der Waals surface area contributed by atoms with Crippen molar-refractivity contribution in [1.29, 1.82) is 0 Å². The third-order valence-electron chi connectivity index (χ3n) is 3.82. The topological polar surface area (TPSA) is 58.4 Å². The number of carbonyl (C=O) groups is 1. The molecule has 4 heteroatoms. The van der Waals surface area contributed by atoms with Gasteiger partial charge in [0.1, 0.15) is 0 Å². The van der Waals surface area contributed by atoms with Gasteiger partial charge in [0, 0.05) is 24.3 Å². The molecule has 0 heterocycles. The lowest BCUT2D eigenvalue weighted by Gasteiger charge is -2.24. The van der Waals surface area contributed by atoms with E-state index in [9.17, 15) is 4.79 Å². The Labute approximate surface area is 115 Å². The van der Waals surface area contributed by atoms with E-state index < -0.39 is 0 Å². The van der Waals surface area contributed by atoms with Crippen LogP contribution in [0.15, 0.2) is 24.3 Å². The van der Waals surface area contributed by atoms with Crippen LogP contribution in [0.5, 0.6) is 0 Å². The predicted molar refractivity (Wildman–Crippen MR) is 77.8 cm³/mol. The van der Waals surface area contributed by atoms with E-state index in [0.29, 0.717) is 24.7 Å². The van der Waals surface area contributed by atoms with Crippen molar-refractivity contribution in [2.75, 3.05) is 19.3 Å². The second kappa shape index (κ2) is 6.06. The number of benzene rings is 1. The number of rotatable bonds is 6. The molecule has 1 saturated carbocycles. The van der Waals surface area contributed by atoms with Crippen molar-refractivity contribution in [1.82, 2.24) is 10.2 Å². The van der Waals surface area contributed by atoms with Crippen LogP contribution in [-0.2, 0) is 11.2 Å². The first-order valence-corrected chi connectivity index (χ1v) is 6.90. The van der Waals surface area contributed by atoms with Crippen molar-refractivity contribution in [3.8, 4) is 0 Å². The monoisotopic (exact) mass is 261 g/mol. The molecule has 0 radical (unpaired) electrons. The third kappa shape index (κ3) is 3.96. The fraction of sp³-hybridized carbons (Fsp3) is 0.533. The molecule has 1 aromatic rings. The first-order chi connectivity index (χ1) is 9.08. The van der Waals surface area contributed by atoms with Crippen molar-refractivity contribution < 1.29 is 4.79 Å². The van der Waals surface area contributed by atoms with Crippen molar-refractivity contribution >= 4 is 11.6 Å². The SMILES string of the molecule is CC(CNC(=O)Cc1ccccc1N)N(C)C1CC1. The molecule has 0 spiro atoms. The molecule has 2 rings (SSSR count). The highest BCUT2D eigenvalue weighted by atomic mass is 16.1. The molecule has 1 fully saturated rings. The number of nitrogen functional groups attached to an aromatic ring is 1. The van der Waals surface area contributed by atoms with Gasteiger partial charge in [0.15, 0.2) is 0 Å². The lowest BCUT2D eigenvalue weighted by Crippen LogP contribution is -2.41. The summed E-state index contributed by atoms with van der Waals surface area (Å²) >= 11 is 0. The molecular formula is C15H23N3O. The fourth-order valence-electron chi connectivity index (χ4n) is 2.18. The van der Waals surface area contributed by atoms with Gasteiger partial charge in [0.2, 0.25) is 5.91 Å². The number of amides is 1. The maximum atomic E-state index is 11.9. The lowest BCUT2D eigenvalue weighted by molar-refractivity contribution is -0.120. The summed E-state index contributed by atoms with van der Waals surface area (Å²) in [7, 11) is 2.13. The number of likely N-dealkylation sites (N-methyl/N-ethyl adjacent to an activating group) is 1. The number of carbonyl (C=O) groups excluding carboxylic acids is 1. The van der Waals surface area contributed by atoms with Gasteiger partial charge in [-0.15, -0.1) is 0 Å². The van der Waals surface area contributed by atoms with Gasteiger partial charge < -0.3 is 11.1 Å². The summed E-state index contributed by atoms with van der Waals surface area (Å²) < 4.78 is 0. The molecule has 1 atom stereocenters. The molecule has 1 aliphatic rings. The molecule has 0 aliphatic heterocycles. The van der Waals surface area contributed by atoms with E-state index >= 15 is 0 Å². The smallest absolute Gasteiger partial charge is 0.224 e. The van der Waals surface area contributed by atoms with Gasteiger partial charge in [-0.3, -0.25) is 9.69 Å². The molecule has 0 aromatic heterocycles. The minimum absolute atomic E-state index is 0.0361. The maximum absolute atomic E-state index is 11.9. The number of hydrogen-bond donors (Lipinski definition) is 2. The van der Waals surface area contributed by atoms with Crippen LogP contribution >= 0.6 is 0 Å². The average Bonchev–Trinajstić information content (AvgIpc) is 3.22. The highest BCUT2D eigenvalue weighted by Gasteiger charge is 2.29. The van der Waals surface area contributed by atoms with Crippen molar-refractivity contribution in [3.05, 3.63) is 29.8 Å². The largest absolute Gasteiger partial charge is 0.398 e. The second-order valence-electron chi connectivity index (χ2n) is 5.43. The van der Waals surface area contributed by atoms with Crippen LogP contribution in [0.2, 0.25) is 0 Å². The molecule has 3 N–H and O–H groups in total. The molecule has 1 unspecified atom stereocenters. The Kier molecular flexibility index (Phi) is 4.43. The van der Waals surface area contributed by atoms with Crippen LogP contribution in [0.3, 0.4) is 0 Å². The Bertz CT molecular complexity index is 443. The zero-order chi connectivity index (χ0) is 13.8. The summed E-state index contributed by atoms with van der Waals surface area (Å²) in [5.74, 6) is 0.0361. The van der Waals surface area contributed by atoms with Gasteiger partial charge >= 0.3 is 0 Å². The number of nitrogens with two attached hydrogens (primary N) is 1. The van der Waals surface area contributed by atoms with Crippen molar-refractivity contribution in [2.45, 2.75) is 38.3 Å². The summed E-state index contributed by atoms with van der Waals surface area (Å²) in [4.78, 5) is 14.2. The van der Waals surface area contributed by atoms with E-state index in [4.69, 9.17) is 5.73 Å². The number of anilines is 1. The Morgan fingerprint density at radius 3 is 2.79 bits per heavy atom. The minimum Gasteiger partial charge on any atom is -0.398 e. The zero-order valence-electron chi connectivity index (χ0n) is 11.7. The summed E-state index contributed by atoms with van der Waals surface area (Å²) in [5, 5.41) is 2.99. The van der Waals surface area contributed by atoms with Gasteiger partial charge in [0.05, 0.1) is 6.42 Å². The normalized spacial score (nSPS) is 16.4. The van der Waals surface area contributed by atoms with Crippen LogP contribution in [0.25, 0.3) is 0 Å². The fourth-order valence-corrected chi connectivity index (χ4v) is 2.18. The Morgan fingerprint density at radius 2 is 2.16 bits per heavy atom. The van der Waals surface area contributed by atoms with E-state index in [0.717, 1.165) is 11.6 Å². The third-order valence-corrected chi connectivity index (χ3v) is 3.82. The van der Waals surface area contributed by atoms with E-state index in [1.807, 2.05) is 24.3 Å². The Balaban J connectivity index is 1.76. The number of nitrogens with one attached hydrogen (secondary N) is 1. The van der Waals surface area contributed by atoms with E-state index in [2.05, 4.69) is 24.2 Å². The maximum Gasteiger partial charge on any atom is 0.224 e. The lowest BCUT2D eigenvalue weighted by atomic mass is 10.1. The Hall–Kier alpha value is -1.55. The summed E-state index contributed by atoms with van der Waals surface area (Å²) in [5.41, 5.74) is 7.41. The van der Waals surface area contributed by atoms with Gasteiger partial charge in [-0.2, -0.15) is 0 Å². The van der Waals surface area contributed by atoms with Crippen LogP contribution in [0, 0.1) is 0 Å². The van der Waals surface area contributed by atoms with Crippen LogP contribution in [0.1, 0.15) is 25.3 Å². The van der Waals surface area contributed by atoms with Gasteiger partial charge in [-0.1, -0.05) is 18.2 Å². The minimum atomic E-state index is 0.0361. The quantitative estimate of drug-likeness (QED) is 0.761. The molecule has 1 aliphatic carbocycles. The highest BCUT2D eigenvalue weighted by Crippen LogP contribution is 2.26. The van der Waals surface area contributed by atoms with Gasteiger partial charge in [-0.25, -0.2) is 0 Å². The molecule has 0 bridgehead atoms. The van der Waals surface area contributed by atoms with Crippen LogP contribution in [-0.4, -0.2) is 36.5 Å². The van der Waals surface area contributed by atoms with Gasteiger partial charge in [-0.05, 0) is 38.4 Å². The second-order valence-corrected chi connectivity index (χ2v) is 5.43. The average molecular weight is 261 g/mol. The number of nitrogens with zero attached hydrogens (tertiary/aromatic N) is 1. The first-order valence-electron chi connectivity index (χ1n) is 6.90. The molecular weight excluding hydrogens is 238 g/mol. The highest BCUT2D eigenvalue weighted by molar-refractivity contribution is 5.80. The number of para-hydroxylation sites is 1. The summed E-state index contributed by atoms with van der Waals surface area (Å²) in [6.07, 6.45) is 2.93. The molecule has 1 amide bonds. The zero-order valence-corrected chi connectivity index (χ0v) is 11.7. The molecule has 1 aromatic carbocycles. The molecule has 19 heavy (non-hydrogen) atoms. The van der Waals surface area contributed by atoms with Crippen LogP contribution in [0.4, 0.5) is 5.69 Å².